The number of carbonyl (C=O) groups excluding carboxylic acids is 2. The first kappa shape index (κ1) is 29.0. The second-order valence-corrected chi connectivity index (χ2v) is 21.1. The Morgan fingerprint density at radius 2 is 1.48 bits per heavy atom. The van der Waals surface area contributed by atoms with E-state index in [1.807, 2.05) is 18.2 Å². The van der Waals surface area contributed by atoms with Gasteiger partial charge in [-0.25, -0.2) is 0 Å². The molecule has 0 fully saturated rings. The van der Waals surface area contributed by atoms with E-state index in [0.29, 0.717) is 24.2 Å². The molecule has 1 atom stereocenters. The molecule has 0 aromatic heterocycles. The number of amides is 1. The van der Waals surface area contributed by atoms with Crippen molar-refractivity contribution in [3.8, 4) is 11.5 Å². The molecule has 1 unspecified atom stereocenters. The number of ether oxygens (including phenoxy) is 1. The van der Waals surface area contributed by atoms with E-state index >= 15 is 0 Å². The van der Waals surface area contributed by atoms with Crippen molar-refractivity contribution >= 4 is 29.0 Å². The van der Waals surface area contributed by atoms with Gasteiger partial charge in [-0.05, 0) is 60.9 Å². The Hall–Kier alpha value is -2.07. The number of hydrogen-bond donors (Lipinski definition) is 1. The van der Waals surface area contributed by atoms with Crippen LogP contribution in [0.15, 0.2) is 30.4 Å². The predicted molar refractivity (Wildman–Crippen MR) is 140 cm³/mol. The standard InChI is InChI=1S/C25H43NO5Si2/c1-18(2)23(28)26-22(29-17-27)16-19-13-14-20(30-32(9,10)24(3,4)5)21(15-19)31-33(11,12)25(6,7)8/h13-15,17,22H,1,16H2,2-12H3,(H,26,28). The summed E-state index contributed by atoms with van der Waals surface area (Å²) in [5, 5.41) is 2.73. The van der Waals surface area contributed by atoms with Crippen molar-refractivity contribution in [2.24, 2.45) is 0 Å². The van der Waals surface area contributed by atoms with Crippen molar-refractivity contribution < 1.29 is 23.2 Å². The highest BCUT2D eigenvalue weighted by molar-refractivity contribution is 6.75. The molecule has 0 saturated heterocycles. The molecule has 0 bridgehead atoms. The summed E-state index contributed by atoms with van der Waals surface area (Å²) < 4.78 is 18.4. The molecule has 0 aliphatic carbocycles. The van der Waals surface area contributed by atoms with E-state index < -0.39 is 22.9 Å². The van der Waals surface area contributed by atoms with Crippen LogP contribution >= 0.6 is 0 Å². The summed E-state index contributed by atoms with van der Waals surface area (Å²) in [7, 11) is -4.25. The lowest BCUT2D eigenvalue weighted by molar-refractivity contribution is -0.137. The maximum absolute atomic E-state index is 12.0. The Bertz CT molecular complexity index is 867. The lowest BCUT2D eigenvalue weighted by Gasteiger charge is -2.39. The molecule has 0 saturated carbocycles. The number of nitrogens with one attached hydrogen (secondary N) is 1. The zero-order chi connectivity index (χ0) is 25.8. The van der Waals surface area contributed by atoms with Gasteiger partial charge in [-0.15, -0.1) is 0 Å². The first-order chi connectivity index (χ1) is 14.8. The molecular formula is C25H43NO5Si2. The summed E-state index contributed by atoms with van der Waals surface area (Å²) in [4.78, 5) is 23.0. The van der Waals surface area contributed by atoms with Crippen LogP contribution in [0.3, 0.4) is 0 Å². The Morgan fingerprint density at radius 1 is 1.00 bits per heavy atom. The van der Waals surface area contributed by atoms with Gasteiger partial charge in [-0.1, -0.05) is 54.2 Å². The first-order valence-corrected chi connectivity index (χ1v) is 17.2. The van der Waals surface area contributed by atoms with Crippen molar-refractivity contribution in [2.45, 2.75) is 97.4 Å². The zero-order valence-electron chi connectivity index (χ0n) is 22.3. The van der Waals surface area contributed by atoms with Crippen molar-refractivity contribution in [3.63, 3.8) is 0 Å². The van der Waals surface area contributed by atoms with Gasteiger partial charge in [0.15, 0.2) is 6.23 Å². The topological polar surface area (TPSA) is 73.9 Å². The fraction of sp³-hybridized carbons (Fsp3) is 0.600. The Balaban J connectivity index is 3.39. The molecule has 1 N–H and O–H groups in total. The number of rotatable bonds is 10. The average molecular weight is 494 g/mol. The third-order valence-corrected chi connectivity index (χ3v) is 15.4. The molecule has 33 heavy (non-hydrogen) atoms. The van der Waals surface area contributed by atoms with Crippen LogP contribution in [0.4, 0.5) is 0 Å². The summed E-state index contributed by atoms with van der Waals surface area (Å²) in [6, 6.07) is 5.79. The molecule has 0 aliphatic rings. The summed E-state index contributed by atoms with van der Waals surface area (Å²) in [6.45, 7) is 27.6. The highest BCUT2D eigenvalue weighted by atomic mass is 28.4. The Kier molecular flexibility index (Phi) is 9.19. The minimum Gasteiger partial charge on any atom is -0.541 e. The van der Waals surface area contributed by atoms with Crippen LogP contribution in [0, 0.1) is 0 Å². The zero-order valence-corrected chi connectivity index (χ0v) is 24.3. The SMILES string of the molecule is C=C(C)C(=O)NC(Cc1ccc(O[Si](C)(C)C(C)(C)C)c(O[Si](C)(C)C(C)(C)C)c1)OC=O. The third-order valence-electron chi connectivity index (χ3n) is 6.67. The van der Waals surface area contributed by atoms with Gasteiger partial charge in [0.1, 0.15) is 11.5 Å². The van der Waals surface area contributed by atoms with E-state index in [0.717, 1.165) is 11.3 Å². The molecule has 186 valence electrons. The van der Waals surface area contributed by atoms with Gasteiger partial charge in [-0.2, -0.15) is 0 Å². The Morgan fingerprint density at radius 3 is 1.91 bits per heavy atom. The van der Waals surface area contributed by atoms with Crippen LogP contribution in [-0.2, 0) is 20.7 Å². The molecule has 1 amide bonds. The minimum atomic E-state index is -2.15. The van der Waals surface area contributed by atoms with E-state index in [-0.39, 0.29) is 16.0 Å². The largest absolute Gasteiger partial charge is 0.541 e. The van der Waals surface area contributed by atoms with Crippen LogP contribution in [0.2, 0.25) is 36.3 Å². The maximum atomic E-state index is 12.0. The molecule has 8 heteroatoms. The summed E-state index contributed by atoms with van der Waals surface area (Å²) in [5.74, 6) is 1.06. The lowest BCUT2D eigenvalue weighted by atomic mass is 10.1. The van der Waals surface area contributed by atoms with Gasteiger partial charge < -0.3 is 18.9 Å². The summed E-state index contributed by atoms with van der Waals surface area (Å²) in [6.07, 6.45) is -0.508. The predicted octanol–water partition coefficient (Wildman–Crippen LogP) is 6.19. The number of carbonyl (C=O) groups is 2. The molecule has 0 spiro atoms. The van der Waals surface area contributed by atoms with E-state index in [1.165, 1.54) is 0 Å². The van der Waals surface area contributed by atoms with Crippen molar-refractivity contribution in [1.82, 2.24) is 5.32 Å². The number of benzene rings is 1. The fourth-order valence-corrected chi connectivity index (χ4v) is 4.42. The lowest BCUT2D eigenvalue weighted by Crippen LogP contribution is -2.45. The summed E-state index contributed by atoms with van der Waals surface area (Å²) in [5.41, 5.74) is 1.20. The molecular weight excluding hydrogens is 450 g/mol. The monoisotopic (exact) mass is 493 g/mol. The van der Waals surface area contributed by atoms with Gasteiger partial charge in [0.25, 0.3) is 23.1 Å². The van der Waals surface area contributed by atoms with Crippen LogP contribution in [0.25, 0.3) is 0 Å². The molecule has 0 heterocycles. The van der Waals surface area contributed by atoms with Gasteiger partial charge in [0, 0.05) is 12.0 Å². The minimum absolute atomic E-state index is 0.00980. The number of hydrogen-bond acceptors (Lipinski definition) is 5. The van der Waals surface area contributed by atoms with Gasteiger partial charge in [0.2, 0.25) is 5.91 Å². The molecule has 0 radical (unpaired) electrons. The normalized spacial score (nSPS) is 13.7. The van der Waals surface area contributed by atoms with E-state index in [9.17, 15) is 9.59 Å². The Labute approximate surface area is 202 Å². The van der Waals surface area contributed by atoms with Crippen LogP contribution in [0.5, 0.6) is 11.5 Å². The molecule has 6 nitrogen and oxygen atoms in total. The van der Waals surface area contributed by atoms with Gasteiger partial charge in [-0.3, -0.25) is 9.59 Å². The smallest absolute Gasteiger partial charge is 0.295 e. The van der Waals surface area contributed by atoms with E-state index in [4.69, 9.17) is 13.6 Å². The van der Waals surface area contributed by atoms with Crippen molar-refractivity contribution in [2.75, 3.05) is 0 Å². The van der Waals surface area contributed by atoms with Crippen LogP contribution in [0.1, 0.15) is 54.0 Å². The maximum Gasteiger partial charge on any atom is 0.295 e. The van der Waals surface area contributed by atoms with Gasteiger partial charge in [0.05, 0.1) is 0 Å². The first-order valence-electron chi connectivity index (χ1n) is 11.4. The second-order valence-electron chi connectivity index (χ2n) is 11.7. The molecule has 1 aromatic rings. The summed E-state index contributed by atoms with van der Waals surface area (Å²) >= 11 is 0. The highest BCUT2D eigenvalue weighted by Crippen LogP contribution is 2.43. The van der Waals surface area contributed by atoms with E-state index in [1.54, 1.807) is 6.92 Å². The van der Waals surface area contributed by atoms with Crippen molar-refractivity contribution in [1.29, 1.82) is 0 Å². The average Bonchev–Trinajstić information content (AvgIpc) is 2.61. The second kappa shape index (κ2) is 10.5. The third kappa shape index (κ3) is 8.03. The highest BCUT2D eigenvalue weighted by Gasteiger charge is 2.42. The molecule has 1 aromatic carbocycles. The quantitative estimate of drug-likeness (QED) is 0.182. The molecule has 1 rings (SSSR count). The fourth-order valence-electron chi connectivity index (χ4n) is 2.38. The van der Waals surface area contributed by atoms with Crippen LogP contribution < -0.4 is 14.2 Å². The van der Waals surface area contributed by atoms with Gasteiger partial charge >= 0.3 is 0 Å². The van der Waals surface area contributed by atoms with Crippen molar-refractivity contribution in [3.05, 3.63) is 35.9 Å². The molecule has 0 aliphatic heterocycles. The van der Waals surface area contributed by atoms with Crippen LogP contribution in [-0.4, -0.2) is 35.2 Å². The van der Waals surface area contributed by atoms with E-state index in [2.05, 4.69) is 79.6 Å².